The normalized spacial score (nSPS) is 11.3. The summed E-state index contributed by atoms with van der Waals surface area (Å²) in [6.07, 6.45) is -0.209. The van der Waals surface area contributed by atoms with Gasteiger partial charge in [-0.2, -0.15) is 8.42 Å². The Balaban J connectivity index is 3.49. The van der Waals surface area contributed by atoms with Crippen molar-refractivity contribution in [1.82, 2.24) is 0 Å². The minimum atomic E-state index is -4.27. The molecular formula is C3H6NO5S. The van der Waals surface area contributed by atoms with E-state index in [2.05, 4.69) is 0 Å². The Hall–Kier alpha value is -0.690. The third kappa shape index (κ3) is 7.31. The highest BCUT2D eigenvalue weighted by Gasteiger charge is 2.08. The smallest absolute Gasteiger partial charge is 0.265 e. The Morgan fingerprint density at radius 1 is 1.40 bits per heavy atom. The summed E-state index contributed by atoms with van der Waals surface area (Å²) in [5, 5.41) is 9.59. The predicted octanol–water partition coefficient (Wildman–Crippen LogP) is -0.586. The molecule has 0 N–H and O–H groups in total. The van der Waals surface area contributed by atoms with Crippen molar-refractivity contribution in [1.29, 1.82) is 0 Å². The largest absolute Gasteiger partial charge is 0.294 e. The lowest BCUT2D eigenvalue weighted by Crippen LogP contribution is -2.08. The van der Waals surface area contributed by atoms with Crippen LogP contribution in [0, 0.1) is 10.1 Å². The highest BCUT2D eigenvalue weighted by Crippen LogP contribution is 1.88. The lowest BCUT2D eigenvalue weighted by molar-refractivity contribution is -0.479. The summed E-state index contributed by atoms with van der Waals surface area (Å²) in [4.78, 5) is 8.93. The second kappa shape index (κ2) is 3.47. The van der Waals surface area contributed by atoms with E-state index in [1.165, 1.54) is 0 Å². The molecule has 10 heavy (non-hydrogen) atoms. The lowest BCUT2D eigenvalue weighted by atomic mass is 10.5. The second-order valence-corrected chi connectivity index (χ2v) is 3.20. The maximum atomic E-state index is 9.83. The van der Waals surface area contributed by atoms with Gasteiger partial charge in [-0.05, 0) is 0 Å². The van der Waals surface area contributed by atoms with Gasteiger partial charge >= 0.3 is 0 Å². The summed E-state index contributed by atoms with van der Waals surface area (Å²) in [5.74, 6) is -0.659. The number of nitro groups is 1. The summed E-state index contributed by atoms with van der Waals surface area (Å²) in [5.41, 5.74) is 0. The number of hydrogen-bond donors (Lipinski definition) is 0. The van der Waals surface area contributed by atoms with E-state index in [4.69, 9.17) is 0 Å². The van der Waals surface area contributed by atoms with E-state index in [9.17, 15) is 23.1 Å². The van der Waals surface area contributed by atoms with Crippen molar-refractivity contribution in [2.24, 2.45) is 0 Å². The molecule has 0 fully saturated rings. The maximum absolute atomic E-state index is 9.83. The minimum Gasteiger partial charge on any atom is -0.265 e. The van der Waals surface area contributed by atoms with E-state index in [0.29, 0.717) is 0 Å². The third-order valence-corrected chi connectivity index (χ3v) is 1.52. The van der Waals surface area contributed by atoms with Gasteiger partial charge in [0.05, 0.1) is 5.75 Å². The highest BCUT2D eigenvalue weighted by molar-refractivity contribution is 7.85. The molecule has 7 heteroatoms. The Labute approximate surface area is 57.8 Å². The molecule has 0 rings (SSSR count). The van der Waals surface area contributed by atoms with E-state index < -0.39 is 27.3 Å². The summed E-state index contributed by atoms with van der Waals surface area (Å²) in [6.45, 7) is -0.471. The standard InChI is InChI=1S/C3H6NO5S/c5-4(6)2-1-3-10(7,8)9/h1-3H2. The Kier molecular flexibility index (Phi) is 3.23. The fraction of sp³-hybridized carbons (Fsp3) is 1.00. The molecule has 59 valence electrons. The number of hydrogen-bond acceptors (Lipinski definition) is 4. The van der Waals surface area contributed by atoms with Gasteiger partial charge in [0.2, 0.25) is 6.54 Å². The van der Waals surface area contributed by atoms with Crippen molar-refractivity contribution < 1.29 is 17.9 Å². The van der Waals surface area contributed by atoms with Crippen LogP contribution in [0.4, 0.5) is 0 Å². The molecule has 0 atom stereocenters. The summed E-state index contributed by atoms with van der Waals surface area (Å²) < 4.78 is 29.5. The van der Waals surface area contributed by atoms with Gasteiger partial charge in [-0.15, -0.1) is 0 Å². The first-order chi connectivity index (χ1) is 4.42. The average molecular weight is 168 g/mol. The quantitative estimate of drug-likeness (QED) is 0.414. The molecule has 0 aliphatic rings. The zero-order chi connectivity index (χ0) is 8.20. The number of rotatable bonds is 4. The molecule has 0 saturated carbocycles. The van der Waals surface area contributed by atoms with Gasteiger partial charge in [-0.1, -0.05) is 4.55 Å². The van der Waals surface area contributed by atoms with Crippen molar-refractivity contribution >= 4 is 10.1 Å². The van der Waals surface area contributed by atoms with Gasteiger partial charge in [0.1, 0.15) is 0 Å². The minimum absolute atomic E-state index is 0.209. The molecule has 0 heterocycles. The zero-order valence-corrected chi connectivity index (χ0v) is 5.83. The van der Waals surface area contributed by atoms with Gasteiger partial charge in [0, 0.05) is 11.3 Å². The molecule has 0 unspecified atom stereocenters. The van der Waals surface area contributed by atoms with Crippen LogP contribution in [0.15, 0.2) is 0 Å². The van der Waals surface area contributed by atoms with Crippen LogP contribution < -0.4 is 0 Å². The van der Waals surface area contributed by atoms with Gasteiger partial charge in [-0.25, -0.2) is 0 Å². The topological polar surface area (TPSA) is 97.2 Å². The molecule has 0 aromatic carbocycles. The van der Waals surface area contributed by atoms with Crippen LogP contribution in [0.3, 0.4) is 0 Å². The van der Waals surface area contributed by atoms with Crippen LogP contribution in [0.5, 0.6) is 0 Å². The zero-order valence-electron chi connectivity index (χ0n) is 5.02. The molecular weight excluding hydrogens is 162 g/mol. The molecule has 0 bridgehead atoms. The van der Waals surface area contributed by atoms with Gasteiger partial charge in [0.15, 0.2) is 0 Å². The Bertz CT molecular complexity index is 207. The first kappa shape index (κ1) is 9.31. The van der Waals surface area contributed by atoms with E-state index in [-0.39, 0.29) is 6.42 Å². The van der Waals surface area contributed by atoms with E-state index in [0.717, 1.165) is 0 Å². The van der Waals surface area contributed by atoms with Crippen LogP contribution in [0.1, 0.15) is 6.42 Å². The second-order valence-electron chi connectivity index (χ2n) is 1.67. The van der Waals surface area contributed by atoms with E-state index >= 15 is 0 Å². The fourth-order valence-corrected chi connectivity index (χ4v) is 0.853. The van der Waals surface area contributed by atoms with Gasteiger partial charge in [-0.3, -0.25) is 10.1 Å². The third-order valence-electron chi connectivity index (χ3n) is 0.735. The summed E-state index contributed by atoms with van der Waals surface area (Å²) in [7, 11) is -4.27. The van der Waals surface area contributed by atoms with Crippen LogP contribution in [0.2, 0.25) is 0 Å². The van der Waals surface area contributed by atoms with Crippen molar-refractivity contribution in [3.05, 3.63) is 10.1 Å². The molecule has 0 amide bonds. The summed E-state index contributed by atoms with van der Waals surface area (Å²) in [6, 6.07) is 0. The first-order valence-corrected chi connectivity index (χ1v) is 4.05. The molecule has 0 aromatic rings. The van der Waals surface area contributed by atoms with Gasteiger partial charge in [0.25, 0.3) is 10.1 Å². The molecule has 0 spiro atoms. The van der Waals surface area contributed by atoms with E-state index in [1.807, 2.05) is 0 Å². The van der Waals surface area contributed by atoms with Crippen LogP contribution in [0.25, 0.3) is 0 Å². The van der Waals surface area contributed by atoms with Crippen LogP contribution >= 0.6 is 0 Å². The number of nitrogens with zero attached hydrogens (tertiary/aromatic N) is 1. The lowest BCUT2D eigenvalue weighted by Gasteiger charge is -1.89. The maximum Gasteiger partial charge on any atom is 0.294 e. The van der Waals surface area contributed by atoms with Crippen LogP contribution in [-0.4, -0.2) is 25.6 Å². The van der Waals surface area contributed by atoms with Crippen LogP contribution in [-0.2, 0) is 14.7 Å². The van der Waals surface area contributed by atoms with Crippen molar-refractivity contribution in [2.75, 3.05) is 12.3 Å². The SMILES string of the molecule is [O]S(=O)(=O)CCC[N+](=O)[O-]. The predicted molar refractivity (Wildman–Crippen MR) is 31.0 cm³/mol. The van der Waals surface area contributed by atoms with Crippen molar-refractivity contribution in [2.45, 2.75) is 6.42 Å². The molecule has 1 radical (unpaired) electrons. The molecule has 0 saturated heterocycles. The first-order valence-electron chi connectivity index (χ1n) is 2.47. The Morgan fingerprint density at radius 2 is 1.90 bits per heavy atom. The van der Waals surface area contributed by atoms with Gasteiger partial charge < -0.3 is 0 Å². The molecule has 0 aliphatic heterocycles. The van der Waals surface area contributed by atoms with Crippen molar-refractivity contribution in [3.63, 3.8) is 0 Å². The highest BCUT2D eigenvalue weighted by atomic mass is 32.2. The Morgan fingerprint density at radius 3 is 2.20 bits per heavy atom. The fourth-order valence-electron chi connectivity index (χ4n) is 0.370. The summed E-state index contributed by atoms with van der Waals surface area (Å²) >= 11 is 0. The molecule has 6 nitrogen and oxygen atoms in total. The molecule has 0 aliphatic carbocycles. The van der Waals surface area contributed by atoms with E-state index in [1.54, 1.807) is 0 Å². The average Bonchev–Trinajstić information content (AvgIpc) is 1.59. The van der Waals surface area contributed by atoms with Crippen molar-refractivity contribution in [3.8, 4) is 0 Å². The monoisotopic (exact) mass is 168 g/mol. The molecule has 0 aromatic heterocycles.